The number of carbonyl (C=O) groups excluding carboxylic acids is 1. The Labute approximate surface area is 90.3 Å². The van der Waals surface area contributed by atoms with Crippen LogP contribution in [0.4, 0.5) is 8.78 Å². The van der Waals surface area contributed by atoms with Gasteiger partial charge in [-0.05, 0) is 12.1 Å². The van der Waals surface area contributed by atoms with E-state index in [0.717, 1.165) is 12.1 Å². The predicted molar refractivity (Wildman–Crippen MR) is 55.8 cm³/mol. The normalized spacial score (nSPS) is 8.93. The van der Waals surface area contributed by atoms with Crippen LogP contribution in [0.3, 0.4) is 0 Å². The molecule has 0 fully saturated rings. The summed E-state index contributed by atoms with van der Waals surface area (Å²) in [6.07, 6.45) is 0. The highest BCUT2D eigenvalue weighted by atomic mass is 79.9. The summed E-state index contributed by atoms with van der Waals surface area (Å²) in [5.74, 6) is -1.90. The first-order valence-electron chi connectivity index (χ1n) is 4.19. The van der Waals surface area contributed by atoms with E-state index in [-0.39, 0.29) is 10.9 Å². The van der Waals surface area contributed by atoms with Crippen LogP contribution in [0.5, 0.6) is 0 Å². The first-order chi connectivity index (χ1) is 6.65. The van der Waals surface area contributed by atoms with E-state index < -0.39 is 17.4 Å². The van der Waals surface area contributed by atoms with E-state index in [4.69, 9.17) is 0 Å². The van der Waals surface area contributed by atoms with Crippen molar-refractivity contribution in [3.8, 4) is 0 Å². The zero-order valence-corrected chi connectivity index (χ0v) is 9.57. The summed E-state index contributed by atoms with van der Waals surface area (Å²) in [7, 11) is 0. The van der Waals surface area contributed by atoms with Gasteiger partial charge < -0.3 is 0 Å². The van der Waals surface area contributed by atoms with E-state index in [1.807, 2.05) is 13.8 Å². The van der Waals surface area contributed by atoms with Gasteiger partial charge in [-0.2, -0.15) is 0 Å². The van der Waals surface area contributed by atoms with Crippen molar-refractivity contribution < 1.29 is 13.6 Å². The molecule has 0 radical (unpaired) electrons. The molecule has 0 atom stereocenters. The van der Waals surface area contributed by atoms with E-state index >= 15 is 0 Å². The lowest BCUT2D eigenvalue weighted by Crippen LogP contribution is -2.03. The number of ketones is 1. The number of hydrogen-bond donors (Lipinski definition) is 0. The molecule has 0 spiro atoms. The fraction of sp³-hybridized carbons (Fsp3) is 0.300. The highest BCUT2D eigenvalue weighted by Gasteiger charge is 2.10. The second-order valence-electron chi connectivity index (χ2n) is 2.18. The fourth-order valence-corrected chi connectivity index (χ4v) is 1.09. The van der Waals surface area contributed by atoms with Crippen molar-refractivity contribution in [3.05, 3.63) is 35.4 Å². The Bertz CT molecular complexity index is 313. The first-order valence-corrected chi connectivity index (χ1v) is 5.31. The smallest absolute Gasteiger partial charge is 0.176 e. The maximum absolute atomic E-state index is 12.8. The minimum atomic E-state index is -0.820. The van der Waals surface area contributed by atoms with E-state index in [1.54, 1.807) is 0 Å². The lowest BCUT2D eigenvalue weighted by Gasteiger charge is -1.98. The van der Waals surface area contributed by atoms with Gasteiger partial charge in [0.05, 0.1) is 10.9 Å². The average Bonchev–Trinajstić information content (AvgIpc) is 2.20. The highest BCUT2D eigenvalue weighted by Crippen LogP contribution is 2.10. The Kier molecular flexibility index (Phi) is 6.28. The molecule has 4 heteroatoms. The molecule has 0 aliphatic rings. The summed E-state index contributed by atoms with van der Waals surface area (Å²) in [5, 5.41) is 0.0373. The van der Waals surface area contributed by atoms with E-state index in [2.05, 4.69) is 15.9 Å². The van der Waals surface area contributed by atoms with Gasteiger partial charge in [-0.15, -0.1) is 0 Å². The lowest BCUT2D eigenvalue weighted by atomic mass is 10.1. The largest absolute Gasteiger partial charge is 0.293 e. The standard InChI is InChI=1S/C8H5BrF2O.C2H6/c9-4-8(12)6-2-1-5(10)3-7(6)11;1-2/h1-3H,4H2;1-2H3. The molecule has 0 aromatic heterocycles. The topological polar surface area (TPSA) is 17.1 Å². The van der Waals surface area contributed by atoms with E-state index in [9.17, 15) is 13.6 Å². The number of carbonyl (C=O) groups is 1. The van der Waals surface area contributed by atoms with Gasteiger partial charge in [-0.3, -0.25) is 4.79 Å². The quantitative estimate of drug-likeness (QED) is 0.590. The van der Waals surface area contributed by atoms with Crippen LogP contribution in [0.25, 0.3) is 0 Å². The van der Waals surface area contributed by atoms with Crippen molar-refractivity contribution in [2.45, 2.75) is 13.8 Å². The van der Waals surface area contributed by atoms with Gasteiger partial charge in [0.2, 0.25) is 0 Å². The molecule has 0 aliphatic carbocycles. The van der Waals surface area contributed by atoms with Gasteiger partial charge in [0.25, 0.3) is 0 Å². The van der Waals surface area contributed by atoms with Crippen molar-refractivity contribution in [2.24, 2.45) is 0 Å². The van der Waals surface area contributed by atoms with Crippen LogP contribution in [0.1, 0.15) is 24.2 Å². The molecule has 1 rings (SSSR count). The number of benzene rings is 1. The number of alkyl halides is 1. The molecule has 0 bridgehead atoms. The molecule has 0 heterocycles. The molecule has 0 aliphatic heterocycles. The molecule has 0 amide bonds. The third-order valence-electron chi connectivity index (χ3n) is 1.35. The maximum atomic E-state index is 12.8. The molecule has 1 nitrogen and oxygen atoms in total. The van der Waals surface area contributed by atoms with Gasteiger partial charge in [-0.1, -0.05) is 29.8 Å². The van der Waals surface area contributed by atoms with Crippen molar-refractivity contribution >= 4 is 21.7 Å². The van der Waals surface area contributed by atoms with Crippen molar-refractivity contribution in [3.63, 3.8) is 0 Å². The van der Waals surface area contributed by atoms with Crippen LogP contribution in [-0.2, 0) is 0 Å². The average molecular weight is 265 g/mol. The molecule has 0 unspecified atom stereocenters. The van der Waals surface area contributed by atoms with Crippen LogP contribution in [0.15, 0.2) is 18.2 Å². The number of hydrogen-bond acceptors (Lipinski definition) is 1. The van der Waals surface area contributed by atoms with Crippen molar-refractivity contribution in [1.82, 2.24) is 0 Å². The van der Waals surface area contributed by atoms with Crippen LogP contribution >= 0.6 is 15.9 Å². The third-order valence-corrected chi connectivity index (χ3v) is 1.86. The van der Waals surface area contributed by atoms with Gasteiger partial charge in [-0.25, -0.2) is 8.78 Å². The Morgan fingerprint density at radius 3 is 2.36 bits per heavy atom. The minimum Gasteiger partial charge on any atom is -0.293 e. The summed E-state index contributed by atoms with van der Waals surface area (Å²) in [6, 6.07) is 2.88. The van der Waals surface area contributed by atoms with E-state index in [0.29, 0.717) is 6.07 Å². The van der Waals surface area contributed by atoms with Gasteiger partial charge >= 0.3 is 0 Å². The van der Waals surface area contributed by atoms with Crippen LogP contribution < -0.4 is 0 Å². The molecule has 78 valence electrons. The van der Waals surface area contributed by atoms with Gasteiger partial charge in [0.1, 0.15) is 11.6 Å². The molecule has 0 saturated carbocycles. The summed E-state index contributed by atoms with van der Waals surface area (Å²) in [4.78, 5) is 10.9. The second-order valence-corrected chi connectivity index (χ2v) is 2.74. The lowest BCUT2D eigenvalue weighted by molar-refractivity contribution is 0.102. The summed E-state index contributed by atoms with van der Waals surface area (Å²) in [5.41, 5.74) is -0.0896. The van der Waals surface area contributed by atoms with E-state index in [1.165, 1.54) is 0 Å². The molecule has 1 aromatic carbocycles. The number of halogens is 3. The highest BCUT2D eigenvalue weighted by molar-refractivity contribution is 9.09. The molecular weight excluding hydrogens is 254 g/mol. The second kappa shape index (κ2) is 6.65. The molecule has 0 N–H and O–H groups in total. The molecule has 1 aromatic rings. The summed E-state index contributed by atoms with van der Waals surface area (Å²) in [6.45, 7) is 4.00. The third kappa shape index (κ3) is 3.54. The Hall–Kier alpha value is -0.770. The minimum absolute atomic E-state index is 0.0373. The van der Waals surface area contributed by atoms with Gasteiger partial charge in [0, 0.05) is 6.07 Å². The van der Waals surface area contributed by atoms with Crippen molar-refractivity contribution in [2.75, 3.05) is 5.33 Å². The van der Waals surface area contributed by atoms with Gasteiger partial charge in [0.15, 0.2) is 5.78 Å². The molecule has 14 heavy (non-hydrogen) atoms. The van der Waals surface area contributed by atoms with Crippen LogP contribution in [-0.4, -0.2) is 11.1 Å². The monoisotopic (exact) mass is 264 g/mol. The zero-order valence-electron chi connectivity index (χ0n) is 7.98. The maximum Gasteiger partial charge on any atom is 0.176 e. The van der Waals surface area contributed by atoms with Crippen molar-refractivity contribution in [1.29, 1.82) is 0 Å². The number of Topliss-reactive ketones (excluding diaryl/α,β-unsaturated/α-hetero) is 1. The predicted octanol–water partition coefficient (Wildman–Crippen LogP) is 3.57. The number of rotatable bonds is 2. The SMILES string of the molecule is CC.O=C(CBr)c1ccc(F)cc1F. The molecule has 0 saturated heterocycles. The Morgan fingerprint density at radius 2 is 1.93 bits per heavy atom. The Balaban J connectivity index is 0.000000791. The fourth-order valence-electron chi connectivity index (χ4n) is 0.788. The first kappa shape index (κ1) is 13.2. The van der Waals surface area contributed by atoms with Crippen LogP contribution in [0.2, 0.25) is 0 Å². The van der Waals surface area contributed by atoms with Crippen LogP contribution in [0, 0.1) is 11.6 Å². The zero-order chi connectivity index (χ0) is 11.1. The summed E-state index contributed by atoms with van der Waals surface area (Å²) >= 11 is 2.89. The molecular formula is C10H11BrF2O. The Morgan fingerprint density at radius 1 is 1.36 bits per heavy atom. The summed E-state index contributed by atoms with van der Waals surface area (Å²) < 4.78 is 25.2.